The van der Waals surface area contributed by atoms with E-state index in [9.17, 15) is 13.2 Å². The minimum Gasteiger partial charge on any atom is -0.461 e. The Kier molecular flexibility index (Phi) is 5.30. The summed E-state index contributed by atoms with van der Waals surface area (Å²) in [5.41, 5.74) is 0. The maximum absolute atomic E-state index is 12.1. The molecule has 0 radical (unpaired) electrons. The van der Waals surface area contributed by atoms with Crippen LogP contribution in [0, 0.1) is 17.8 Å². The van der Waals surface area contributed by atoms with Gasteiger partial charge in [0.1, 0.15) is 12.6 Å². The van der Waals surface area contributed by atoms with E-state index < -0.39 is 16.0 Å². The number of carbonyl (C=O) groups is 1. The van der Waals surface area contributed by atoms with Crippen LogP contribution in [0.15, 0.2) is 0 Å². The Bertz CT molecular complexity index is 474. The molecule has 6 heteroatoms. The highest BCUT2D eigenvalue weighted by molar-refractivity contribution is 7.89. The lowest BCUT2D eigenvalue weighted by Gasteiger charge is -2.36. The molecule has 0 aromatic carbocycles. The first kappa shape index (κ1) is 16.7. The van der Waals surface area contributed by atoms with E-state index in [1.54, 1.807) is 0 Å². The molecule has 1 saturated heterocycles. The maximum atomic E-state index is 12.1. The zero-order valence-corrected chi connectivity index (χ0v) is 14.1. The minimum absolute atomic E-state index is 0.0634. The smallest absolute Gasteiger partial charge is 0.321 e. The van der Waals surface area contributed by atoms with E-state index in [2.05, 4.69) is 20.8 Å². The predicted octanol–water partition coefficient (Wildman–Crippen LogP) is 2.03. The summed E-state index contributed by atoms with van der Waals surface area (Å²) >= 11 is 0. The van der Waals surface area contributed by atoms with Crippen LogP contribution in [0.2, 0.25) is 0 Å². The van der Waals surface area contributed by atoms with Crippen LogP contribution in [0.1, 0.15) is 46.5 Å². The molecular formula is C15H27NO4S. The lowest BCUT2D eigenvalue weighted by Crippen LogP contribution is -2.39. The Labute approximate surface area is 128 Å². The number of rotatable bonds is 4. The fourth-order valence-corrected chi connectivity index (χ4v) is 4.93. The number of ether oxygens (including phenoxy) is 1. The van der Waals surface area contributed by atoms with Crippen molar-refractivity contribution in [3.8, 4) is 0 Å². The van der Waals surface area contributed by atoms with Gasteiger partial charge in [0.15, 0.2) is 0 Å². The van der Waals surface area contributed by atoms with Crippen molar-refractivity contribution in [2.75, 3.05) is 18.8 Å². The molecule has 0 N–H and O–H groups in total. The predicted molar refractivity (Wildman–Crippen MR) is 81.2 cm³/mol. The molecule has 3 atom stereocenters. The highest BCUT2D eigenvalue weighted by Crippen LogP contribution is 2.35. The molecule has 0 bridgehead atoms. The molecule has 21 heavy (non-hydrogen) atoms. The molecule has 1 saturated carbocycles. The van der Waals surface area contributed by atoms with Crippen molar-refractivity contribution in [1.82, 2.24) is 4.31 Å². The molecule has 0 amide bonds. The van der Waals surface area contributed by atoms with Gasteiger partial charge in [0.05, 0.1) is 5.75 Å². The second kappa shape index (κ2) is 6.65. The van der Waals surface area contributed by atoms with Crippen LogP contribution < -0.4 is 0 Å². The first-order valence-corrected chi connectivity index (χ1v) is 9.58. The van der Waals surface area contributed by atoms with Crippen molar-refractivity contribution in [1.29, 1.82) is 0 Å². The molecule has 2 rings (SSSR count). The van der Waals surface area contributed by atoms with Crippen LogP contribution in [0.4, 0.5) is 0 Å². The third kappa shape index (κ3) is 4.19. The molecule has 0 spiro atoms. The van der Waals surface area contributed by atoms with Crippen LogP contribution in [0.5, 0.6) is 0 Å². The van der Waals surface area contributed by atoms with Gasteiger partial charge < -0.3 is 4.74 Å². The molecule has 1 aliphatic heterocycles. The Morgan fingerprint density at radius 1 is 1.33 bits per heavy atom. The average Bonchev–Trinajstić information content (AvgIpc) is 2.68. The van der Waals surface area contributed by atoms with Gasteiger partial charge in [-0.15, -0.1) is 0 Å². The van der Waals surface area contributed by atoms with E-state index in [1.165, 1.54) is 10.7 Å². The van der Waals surface area contributed by atoms with Crippen molar-refractivity contribution in [3.05, 3.63) is 0 Å². The van der Waals surface area contributed by atoms with Gasteiger partial charge in [-0.1, -0.05) is 27.2 Å². The van der Waals surface area contributed by atoms with Crippen LogP contribution in [0.25, 0.3) is 0 Å². The standard InChI is InChI=1S/C15H27NO4S/c1-11(2)13-6-5-12(3)9-14(13)20-15(17)10-16-7-4-8-21(16,18)19/h11-14H,4-10H2,1-3H3. The third-order valence-corrected chi connectivity index (χ3v) is 6.66. The second-order valence-corrected chi connectivity index (χ2v) is 8.95. The molecule has 3 unspecified atom stereocenters. The third-order valence-electron chi connectivity index (χ3n) is 4.75. The van der Waals surface area contributed by atoms with Gasteiger partial charge >= 0.3 is 5.97 Å². The molecule has 2 fully saturated rings. The van der Waals surface area contributed by atoms with E-state index in [4.69, 9.17) is 4.74 Å². The molecule has 1 heterocycles. The summed E-state index contributed by atoms with van der Waals surface area (Å²) in [5.74, 6) is 1.18. The van der Waals surface area contributed by atoms with Crippen LogP contribution in [-0.4, -0.2) is 43.6 Å². The summed E-state index contributed by atoms with van der Waals surface area (Å²) in [6, 6.07) is 0. The summed E-state index contributed by atoms with van der Waals surface area (Å²) in [7, 11) is -3.23. The summed E-state index contributed by atoms with van der Waals surface area (Å²) in [6.07, 6.45) is 3.69. The van der Waals surface area contributed by atoms with Crippen molar-refractivity contribution in [3.63, 3.8) is 0 Å². The summed E-state index contributed by atoms with van der Waals surface area (Å²) < 4.78 is 30.4. The number of hydrogen-bond donors (Lipinski definition) is 0. The van der Waals surface area contributed by atoms with E-state index in [0.717, 1.165) is 12.8 Å². The summed E-state index contributed by atoms with van der Waals surface area (Å²) in [4.78, 5) is 12.1. The Balaban J connectivity index is 1.94. The van der Waals surface area contributed by atoms with Crippen LogP contribution in [0.3, 0.4) is 0 Å². The number of hydrogen-bond acceptors (Lipinski definition) is 4. The van der Waals surface area contributed by atoms with Crippen LogP contribution in [-0.2, 0) is 19.6 Å². The molecule has 0 aromatic rings. The fraction of sp³-hybridized carbons (Fsp3) is 0.933. The first-order chi connectivity index (χ1) is 9.79. The van der Waals surface area contributed by atoms with E-state index >= 15 is 0 Å². The Morgan fingerprint density at radius 3 is 2.62 bits per heavy atom. The maximum Gasteiger partial charge on any atom is 0.321 e. The number of nitrogens with zero attached hydrogens (tertiary/aromatic N) is 1. The lowest BCUT2D eigenvalue weighted by atomic mass is 9.75. The molecular weight excluding hydrogens is 290 g/mol. The van der Waals surface area contributed by atoms with Gasteiger partial charge in [0, 0.05) is 6.54 Å². The number of sulfonamides is 1. The molecule has 122 valence electrons. The minimum atomic E-state index is -3.23. The number of carbonyl (C=O) groups excluding carboxylic acids is 1. The van der Waals surface area contributed by atoms with Gasteiger partial charge in [-0.3, -0.25) is 4.79 Å². The zero-order valence-electron chi connectivity index (χ0n) is 13.2. The highest BCUT2D eigenvalue weighted by Gasteiger charge is 2.35. The largest absolute Gasteiger partial charge is 0.461 e. The lowest BCUT2D eigenvalue weighted by molar-refractivity contribution is -0.156. The van der Waals surface area contributed by atoms with Gasteiger partial charge in [0.25, 0.3) is 0 Å². The van der Waals surface area contributed by atoms with E-state index in [0.29, 0.717) is 30.7 Å². The van der Waals surface area contributed by atoms with Crippen molar-refractivity contribution < 1.29 is 17.9 Å². The molecule has 0 aromatic heterocycles. The molecule has 2 aliphatic rings. The SMILES string of the molecule is CC1CCC(C(C)C)C(OC(=O)CN2CCCS2(=O)=O)C1. The fourth-order valence-electron chi connectivity index (χ4n) is 3.47. The Hall–Kier alpha value is -0.620. The normalized spacial score (nSPS) is 33.2. The first-order valence-electron chi connectivity index (χ1n) is 7.97. The highest BCUT2D eigenvalue weighted by atomic mass is 32.2. The van der Waals surface area contributed by atoms with E-state index in [-0.39, 0.29) is 18.4 Å². The quantitative estimate of drug-likeness (QED) is 0.744. The van der Waals surface area contributed by atoms with Crippen molar-refractivity contribution in [2.45, 2.75) is 52.6 Å². The topological polar surface area (TPSA) is 63.7 Å². The Morgan fingerprint density at radius 2 is 2.05 bits per heavy atom. The second-order valence-electron chi connectivity index (χ2n) is 6.86. The zero-order chi connectivity index (χ0) is 15.6. The van der Waals surface area contributed by atoms with Gasteiger partial charge in [0.2, 0.25) is 10.0 Å². The summed E-state index contributed by atoms with van der Waals surface area (Å²) in [6.45, 7) is 6.81. The van der Waals surface area contributed by atoms with Gasteiger partial charge in [-0.05, 0) is 37.0 Å². The van der Waals surface area contributed by atoms with E-state index in [1.807, 2.05) is 0 Å². The average molecular weight is 317 g/mol. The molecule has 5 nitrogen and oxygen atoms in total. The van der Waals surface area contributed by atoms with Crippen molar-refractivity contribution in [2.24, 2.45) is 17.8 Å². The molecule has 1 aliphatic carbocycles. The summed E-state index contributed by atoms with van der Waals surface area (Å²) in [5, 5.41) is 0. The van der Waals surface area contributed by atoms with Crippen LogP contribution >= 0.6 is 0 Å². The van der Waals surface area contributed by atoms with Gasteiger partial charge in [-0.25, -0.2) is 8.42 Å². The van der Waals surface area contributed by atoms with Crippen molar-refractivity contribution >= 4 is 16.0 Å². The van der Waals surface area contributed by atoms with Gasteiger partial charge in [-0.2, -0.15) is 4.31 Å². The number of esters is 1. The monoisotopic (exact) mass is 317 g/mol.